The van der Waals surface area contributed by atoms with Gasteiger partial charge in [-0.1, -0.05) is 36.4 Å². The first kappa shape index (κ1) is 22.9. The largest absolute Gasteiger partial charge is 0.493 e. The van der Waals surface area contributed by atoms with Crippen molar-refractivity contribution in [3.63, 3.8) is 0 Å². The molecule has 0 atom stereocenters. The number of imidazole rings is 1. The summed E-state index contributed by atoms with van der Waals surface area (Å²) in [6.45, 7) is 2.28. The molecule has 0 fully saturated rings. The van der Waals surface area contributed by atoms with Gasteiger partial charge in [0.15, 0.2) is 5.11 Å². The van der Waals surface area contributed by atoms with E-state index in [1.165, 1.54) is 5.56 Å². The fourth-order valence-electron chi connectivity index (χ4n) is 3.40. The summed E-state index contributed by atoms with van der Waals surface area (Å²) >= 11 is 5.13. The van der Waals surface area contributed by atoms with Crippen molar-refractivity contribution in [3.05, 3.63) is 102 Å². The average molecular weight is 474 g/mol. The minimum absolute atomic E-state index is 0.0342. The molecule has 3 N–H and O–H groups in total. The molecule has 2 aromatic heterocycles. The van der Waals surface area contributed by atoms with Crippen molar-refractivity contribution in [3.8, 4) is 5.75 Å². The van der Waals surface area contributed by atoms with Gasteiger partial charge in [0.2, 0.25) is 0 Å². The lowest BCUT2D eigenvalue weighted by Gasteiger charge is -2.11. The minimum Gasteiger partial charge on any atom is -0.493 e. The molecule has 4 aromatic rings. The molecule has 9 heteroatoms. The zero-order valence-electron chi connectivity index (χ0n) is 18.4. The van der Waals surface area contributed by atoms with E-state index >= 15 is 0 Å². The molecule has 4 rings (SSSR count). The number of aryl methyl sites for hydroxylation is 1. The minimum atomic E-state index is -0.426. The lowest BCUT2D eigenvalue weighted by Crippen LogP contribution is -2.48. The number of ether oxygens (including phenoxy) is 1. The SMILES string of the molecule is Cc1nc2ccccn2c1C(=O)NNC(=S)NC(=O)c1ccc(OCCc2ccccc2)cc1. The number of aromatic nitrogens is 2. The van der Waals surface area contributed by atoms with Crippen LogP contribution in [0.4, 0.5) is 0 Å². The number of hydrazine groups is 1. The molecule has 0 bridgehead atoms. The van der Waals surface area contributed by atoms with Crippen LogP contribution in [0.3, 0.4) is 0 Å². The van der Waals surface area contributed by atoms with Gasteiger partial charge in [-0.15, -0.1) is 0 Å². The predicted octanol–water partition coefficient (Wildman–Crippen LogP) is 3.21. The number of carbonyl (C=O) groups is 2. The van der Waals surface area contributed by atoms with E-state index in [9.17, 15) is 9.59 Å². The molecule has 172 valence electrons. The number of nitrogens with one attached hydrogen (secondary N) is 3. The zero-order chi connectivity index (χ0) is 23.9. The first-order valence-corrected chi connectivity index (χ1v) is 11.0. The number of hydrogen-bond acceptors (Lipinski definition) is 5. The number of nitrogens with zero attached hydrogens (tertiary/aromatic N) is 2. The normalized spacial score (nSPS) is 10.5. The van der Waals surface area contributed by atoms with Crippen LogP contribution in [0.15, 0.2) is 79.0 Å². The fourth-order valence-corrected chi connectivity index (χ4v) is 3.54. The van der Waals surface area contributed by atoms with Gasteiger partial charge in [-0.05, 0) is 61.1 Å². The van der Waals surface area contributed by atoms with Gasteiger partial charge in [0.25, 0.3) is 11.8 Å². The van der Waals surface area contributed by atoms with Crippen LogP contribution >= 0.6 is 12.2 Å². The van der Waals surface area contributed by atoms with Crippen LogP contribution in [0.25, 0.3) is 5.65 Å². The number of pyridine rings is 1. The maximum atomic E-state index is 12.6. The number of fused-ring (bicyclic) bond motifs is 1. The van der Waals surface area contributed by atoms with E-state index in [0.717, 1.165) is 6.42 Å². The predicted molar refractivity (Wildman–Crippen MR) is 133 cm³/mol. The van der Waals surface area contributed by atoms with E-state index in [2.05, 4.69) is 33.3 Å². The molecule has 0 aliphatic heterocycles. The van der Waals surface area contributed by atoms with Gasteiger partial charge in [0.05, 0.1) is 12.3 Å². The smallest absolute Gasteiger partial charge is 0.288 e. The molecule has 0 radical (unpaired) electrons. The van der Waals surface area contributed by atoms with E-state index in [-0.39, 0.29) is 5.11 Å². The highest BCUT2D eigenvalue weighted by atomic mass is 32.1. The van der Waals surface area contributed by atoms with Crippen molar-refractivity contribution in [2.75, 3.05) is 6.61 Å². The summed E-state index contributed by atoms with van der Waals surface area (Å²) in [6, 6.07) is 22.3. The van der Waals surface area contributed by atoms with Gasteiger partial charge in [-0.3, -0.25) is 30.2 Å². The second kappa shape index (κ2) is 10.6. The van der Waals surface area contributed by atoms with Crippen LogP contribution in [0, 0.1) is 6.92 Å². The Balaban J connectivity index is 1.25. The molecule has 2 aromatic carbocycles. The van der Waals surface area contributed by atoms with E-state index in [1.54, 1.807) is 41.8 Å². The molecule has 34 heavy (non-hydrogen) atoms. The molecular weight excluding hydrogens is 450 g/mol. The first-order chi connectivity index (χ1) is 16.5. The Hall–Kier alpha value is -4.24. The van der Waals surface area contributed by atoms with Crippen LogP contribution in [-0.4, -0.2) is 32.9 Å². The number of amides is 2. The van der Waals surface area contributed by atoms with E-state index < -0.39 is 11.8 Å². The lowest BCUT2D eigenvalue weighted by molar-refractivity contribution is 0.0929. The Bertz CT molecular complexity index is 1320. The van der Waals surface area contributed by atoms with Crippen LogP contribution in [0.5, 0.6) is 5.75 Å². The van der Waals surface area contributed by atoms with Gasteiger partial charge in [-0.25, -0.2) is 4.98 Å². The Morgan fingerprint density at radius 2 is 1.68 bits per heavy atom. The molecule has 0 spiro atoms. The number of hydrogen-bond donors (Lipinski definition) is 3. The van der Waals surface area contributed by atoms with Crippen molar-refractivity contribution in [2.45, 2.75) is 13.3 Å². The number of benzene rings is 2. The number of carbonyl (C=O) groups excluding carboxylic acids is 2. The van der Waals surface area contributed by atoms with Crippen molar-refractivity contribution >= 4 is 34.8 Å². The Morgan fingerprint density at radius 1 is 0.941 bits per heavy atom. The molecule has 0 aliphatic carbocycles. The average Bonchev–Trinajstić information content (AvgIpc) is 3.19. The van der Waals surface area contributed by atoms with Crippen molar-refractivity contribution < 1.29 is 14.3 Å². The third kappa shape index (κ3) is 5.57. The monoisotopic (exact) mass is 473 g/mol. The Labute approximate surface area is 201 Å². The van der Waals surface area contributed by atoms with Crippen LogP contribution in [-0.2, 0) is 6.42 Å². The maximum absolute atomic E-state index is 12.6. The summed E-state index contributed by atoms with van der Waals surface area (Å²) < 4.78 is 7.42. The van der Waals surface area contributed by atoms with E-state index in [4.69, 9.17) is 17.0 Å². The summed E-state index contributed by atoms with van der Waals surface area (Å²) in [5, 5.41) is 2.50. The first-order valence-electron chi connectivity index (χ1n) is 10.6. The molecular formula is C25H23N5O3S. The summed E-state index contributed by atoms with van der Waals surface area (Å²) in [7, 11) is 0. The maximum Gasteiger partial charge on any atom is 0.288 e. The lowest BCUT2D eigenvalue weighted by atomic mass is 10.2. The van der Waals surface area contributed by atoms with Crippen molar-refractivity contribution in [1.82, 2.24) is 25.6 Å². The highest BCUT2D eigenvalue weighted by Crippen LogP contribution is 2.13. The summed E-state index contributed by atoms with van der Waals surface area (Å²) in [4.78, 5) is 29.4. The van der Waals surface area contributed by atoms with Gasteiger partial charge in [0.1, 0.15) is 17.1 Å². The standard InChI is InChI=1S/C25H23N5O3S/c1-17-22(30-15-6-5-9-21(30)26-17)24(32)28-29-25(34)27-23(31)19-10-12-20(13-11-19)33-16-14-18-7-3-2-4-8-18/h2-13,15H,14,16H2,1H3,(H,28,32)(H2,27,29,31,34). The zero-order valence-corrected chi connectivity index (χ0v) is 19.3. The number of rotatable bonds is 6. The molecule has 2 heterocycles. The van der Waals surface area contributed by atoms with Crippen molar-refractivity contribution in [1.29, 1.82) is 0 Å². The third-order valence-electron chi connectivity index (χ3n) is 5.05. The molecule has 0 unspecified atom stereocenters. The molecule has 0 aliphatic rings. The number of thiocarbonyl (C=S) groups is 1. The second-order valence-electron chi connectivity index (χ2n) is 7.45. The molecule has 8 nitrogen and oxygen atoms in total. The highest BCUT2D eigenvalue weighted by Gasteiger charge is 2.17. The summed E-state index contributed by atoms with van der Waals surface area (Å²) in [5.74, 6) is -0.165. The summed E-state index contributed by atoms with van der Waals surface area (Å²) in [6.07, 6.45) is 2.54. The summed E-state index contributed by atoms with van der Waals surface area (Å²) in [5.41, 5.74) is 8.26. The molecule has 2 amide bonds. The van der Waals surface area contributed by atoms with E-state index in [0.29, 0.717) is 35.0 Å². The van der Waals surface area contributed by atoms with Crippen LogP contribution in [0.1, 0.15) is 32.1 Å². The van der Waals surface area contributed by atoms with E-state index in [1.807, 2.05) is 36.4 Å². The van der Waals surface area contributed by atoms with Crippen molar-refractivity contribution in [2.24, 2.45) is 0 Å². The molecule has 0 saturated heterocycles. The second-order valence-corrected chi connectivity index (χ2v) is 7.85. The Kier molecular flexibility index (Phi) is 7.14. The van der Waals surface area contributed by atoms with Gasteiger partial charge < -0.3 is 4.74 Å². The quantitative estimate of drug-likeness (QED) is 0.294. The topological polar surface area (TPSA) is 96.8 Å². The van der Waals surface area contributed by atoms with Gasteiger partial charge >= 0.3 is 0 Å². The Morgan fingerprint density at radius 3 is 2.44 bits per heavy atom. The van der Waals surface area contributed by atoms with Gasteiger partial charge in [0, 0.05) is 18.2 Å². The van der Waals surface area contributed by atoms with Crippen LogP contribution in [0.2, 0.25) is 0 Å². The molecule has 0 saturated carbocycles. The van der Waals surface area contributed by atoms with Gasteiger partial charge in [-0.2, -0.15) is 0 Å². The third-order valence-corrected chi connectivity index (χ3v) is 5.26. The van der Waals surface area contributed by atoms with Crippen LogP contribution < -0.4 is 20.9 Å². The fraction of sp³-hybridized carbons (Fsp3) is 0.120. The highest BCUT2D eigenvalue weighted by molar-refractivity contribution is 7.80.